The summed E-state index contributed by atoms with van der Waals surface area (Å²) in [5.74, 6) is 0.205. The van der Waals surface area contributed by atoms with Gasteiger partial charge in [0, 0.05) is 18.7 Å². The van der Waals surface area contributed by atoms with Crippen LogP contribution in [0.4, 0.5) is 0 Å². The van der Waals surface area contributed by atoms with Gasteiger partial charge in [-0.05, 0) is 38.4 Å². The Balaban J connectivity index is 1.64. The van der Waals surface area contributed by atoms with E-state index in [1.807, 2.05) is 19.1 Å². The fraction of sp³-hybridized carbons (Fsp3) is 0.467. The fourth-order valence-electron chi connectivity index (χ4n) is 2.72. The number of ketones is 1. The summed E-state index contributed by atoms with van der Waals surface area (Å²) >= 11 is 1.63. The van der Waals surface area contributed by atoms with Gasteiger partial charge in [0.05, 0.1) is 6.54 Å². The number of aryl methyl sites for hydroxylation is 1. The summed E-state index contributed by atoms with van der Waals surface area (Å²) in [6, 6.07) is 5.50. The van der Waals surface area contributed by atoms with Crippen LogP contribution in [-0.2, 0) is 6.54 Å². The summed E-state index contributed by atoms with van der Waals surface area (Å²) in [6.45, 7) is 4.56. The minimum absolute atomic E-state index is 0.0441. The van der Waals surface area contributed by atoms with Crippen LogP contribution in [0.5, 0.6) is 0 Å². The zero-order valence-corrected chi connectivity index (χ0v) is 12.8. The zero-order chi connectivity index (χ0) is 14.7. The van der Waals surface area contributed by atoms with E-state index in [1.54, 1.807) is 23.6 Å². The summed E-state index contributed by atoms with van der Waals surface area (Å²) < 4.78 is 0. The summed E-state index contributed by atoms with van der Waals surface area (Å²) in [5, 5.41) is 10.2. The van der Waals surface area contributed by atoms with Crippen molar-refractivity contribution in [1.82, 2.24) is 20.1 Å². The highest BCUT2D eigenvalue weighted by molar-refractivity contribution is 7.11. The molecule has 1 aliphatic rings. The van der Waals surface area contributed by atoms with Gasteiger partial charge in [-0.1, -0.05) is 6.07 Å². The number of rotatable bonds is 4. The molecule has 6 heteroatoms. The Morgan fingerprint density at radius 2 is 2.33 bits per heavy atom. The Morgan fingerprint density at radius 1 is 1.43 bits per heavy atom. The molecule has 0 unspecified atom stereocenters. The lowest BCUT2D eigenvalue weighted by Gasteiger charge is -2.31. The molecule has 0 amide bonds. The van der Waals surface area contributed by atoms with Gasteiger partial charge in [0.25, 0.3) is 0 Å². The molecule has 1 aliphatic heterocycles. The lowest BCUT2D eigenvalue weighted by atomic mass is 9.92. The van der Waals surface area contributed by atoms with Crippen molar-refractivity contribution < 1.29 is 4.79 Å². The number of carbonyl (C=O) groups excluding carboxylic acids is 1. The lowest BCUT2D eigenvalue weighted by molar-refractivity contribution is 0.0806. The number of piperidine rings is 1. The molecule has 0 spiro atoms. The average molecular weight is 302 g/mol. The van der Waals surface area contributed by atoms with E-state index in [0.29, 0.717) is 5.69 Å². The monoisotopic (exact) mass is 302 g/mol. The van der Waals surface area contributed by atoms with Crippen LogP contribution in [0.3, 0.4) is 0 Å². The lowest BCUT2D eigenvalue weighted by Crippen LogP contribution is -2.38. The van der Waals surface area contributed by atoms with E-state index in [2.05, 4.69) is 20.1 Å². The van der Waals surface area contributed by atoms with E-state index >= 15 is 0 Å². The number of nitrogens with zero attached hydrogens (tertiary/aromatic N) is 4. The number of hydrogen-bond donors (Lipinski definition) is 0. The molecule has 2 aromatic rings. The van der Waals surface area contributed by atoms with Crippen molar-refractivity contribution in [1.29, 1.82) is 0 Å². The smallest absolute Gasteiger partial charge is 0.185 e. The third-order valence-electron chi connectivity index (χ3n) is 3.72. The molecule has 21 heavy (non-hydrogen) atoms. The van der Waals surface area contributed by atoms with Gasteiger partial charge in [-0.15, -0.1) is 21.5 Å². The van der Waals surface area contributed by atoms with Crippen molar-refractivity contribution in [3.63, 3.8) is 0 Å². The SMILES string of the molecule is Cc1nnc(CN2CCC[C@H](C(=O)c3ccccn3)C2)s1. The van der Waals surface area contributed by atoms with Crippen LogP contribution >= 0.6 is 11.3 Å². The number of Topliss-reactive ketones (excluding diaryl/α,β-unsaturated/α-hetero) is 1. The predicted octanol–water partition coefficient (Wildman–Crippen LogP) is 2.34. The van der Waals surface area contributed by atoms with Gasteiger partial charge in [0.1, 0.15) is 15.7 Å². The standard InChI is InChI=1S/C15H18N4OS/c1-11-17-18-14(21-11)10-19-8-4-5-12(9-19)15(20)13-6-2-3-7-16-13/h2-3,6-7,12H,4-5,8-10H2,1H3/t12-/m0/s1. The highest BCUT2D eigenvalue weighted by Gasteiger charge is 2.27. The van der Waals surface area contributed by atoms with Gasteiger partial charge in [0.2, 0.25) is 0 Å². The van der Waals surface area contributed by atoms with Crippen molar-refractivity contribution in [2.45, 2.75) is 26.3 Å². The molecule has 0 radical (unpaired) electrons. The first-order valence-corrected chi connectivity index (χ1v) is 8.00. The molecule has 3 heterocycles. The maximum absolute atomic E-state index is 12.5. The number of carbonyl (C=O) groups is 1. The van der Waals surface area contributed by atoms with E-state index < -0.39 is 0 Å². The van der Waals surface area contributed by atoms with E-state index in [0.717, 1.165) is 42.5 Å². The summed E-state index contributed by atoms with van der Waals surface area (Å²) in [4.78, 5) is 19.0. The van der Waals surface area contributed by atoms with Gasteiger partial charge >= 0.3 is 0 Å². The molecular weight excluding hydrogens is 284 g/mol. The highest BCUT2D eigenvalue weighted by Crippen LogP contribution is 2.22. The number of pyridine rings is 1. The molecule has 0 saturated carbocycles. The minimum Gasteiger partial charge on any atom is -0.296 e. The van der Waals surface area contributed by atoms with Crippen LogP contribution in [0.25, 0.3) is 0 Å². The largest absolute Gasteiger partial charge is 0.296 e. The average Bonchev–Trinajstić information content (AvgIpc) is 2.93. The van der Waals surface area contributed by atoms with Gasteiger partial charge in [-0.2, -0.15) is 0 Å². The Hall–Kier alpha value is -1.66. The summed E-state index contributed by atoms with van der Waals surface area (Å²) in [6.07, 6.45) is 3.67. The first-order chi connectivity index (χ1) is 10.2. The molecule has 1 atom stereocenters. The van der Waals surface area contributed by atoms with Crippen molar-refractivity contribution in [3.8, 4) is 0 Å². The molecular formula is C15H18N4OS. The first-order valence-electron chi connectivity index (χ1n) is 7.19. The van der Waals surface area contributed by atoms with E-state index in [9.17, 15) is 4.79 Å². The first kappa shape index (κ1) is 14.3. The maximum atomic E-state index is 12.5. The molecule has 1 saturated heterocycles. The van der Waals surface area contributed by atoms with Gasteiger partial charge < -0.3 is 0 Å². The van der Waals surface area contributed by atoms with Crippen LogP contribution < -0.4 is 0 Å². The van der Waals surface area contributed by atoms with E-state index in [-0.39, 0.29) is 11.7 Å². The second-order valence-electron chi connectivity index (χ2n) is 5.37. The second kappa shape index (κ2) is 6.41. The molecule has 110 valence electrons. The third-order valence-corrected chi connectivity index (χ3v) is 4.54. The molecule has 0 aromatic carbocycles. The Bertz CT molecular complexity index is 613. The predicted molar refractivity (Wildman–Crippen MR) is 81.2 cm³/mol. The van der Waals surface area contributed by atoms with Crippen LogP contribution in [0.1, 0.15) is 33.3 Å². The Morgan fingerprint density at radius 3 is 3.05 bits per heavy atom. The van der Waals surface area contributed by atoms with Crippen molar-refractivity contribution >= 4 is 17.1 Å². The van der Waals surface area contributed by atoms with Crippen molar-refractivity contribution in [2.75, 3.05) is 13.1 Å². The third kappa shape index (κ3) is 3.51. The molecule has 0 N–H and O–H groups in total. The van der Waals surface area contributed by atoms with E-state index in [1.165, 1.54) is 0 Å². The van der Waals surface area contributed by atoms with Gasteiger partial charge in [0.15, 0.2) is 5.78 Å². The zero-order valence-electron chi connectivity index (χ0n) is 12.0. The number of likely N-dealkylation sites (tertiary alicyclic amines) is 1. The highest BCUT2D eigenvalue weighted by atomic mass is 32.1. The summed E-state index contributed by atoms with van der Waals surface area (Å²) in [7, 11) is 0. The fourth-order valence-corrected chi connectivity index (χ4v) is 3.47. The van der Waals surface area contributed by atoms with Crippen LogP contribution in [0.15, 0.2) is 24.4 Å². The van der Waals surface area contributed by atoms with Crippen molar-refractivity contribution in [2.24, 2.45) is 5.92 Å². The number of aromatic nitrogens is 3. The van der Waals surface area contributed by atoms with Crippen LogP contribution in [0, 0.1) is 12.8 Å². The van der Waals surface area contributed by atoms with Gasteiger partial charge in [-0.3, -0.25) is 14.7 Å². The van der Waals surface area contributed by atoms with Crippen LogP contribution in [-0.4, -0.2) is 39.0 Å². The molecule has 1 fully saturated rings. The molecule has 5 nitrogen and oxygen atoms in total. The van der Waals surface area contributed by atoms with Crippen molar-refractivity contribution in [3.05, 3.63) is 40.1 Å². The molecule has 2 aromatic heterocycles. The summed E-state index contributed by atoms with van der Waals surface area (Å²) in [5.41, 5.74) is 0.580. The maximum Gasteiger partial charge on any atom is 0.185 e. The second-order valence-corrected chi connectivity index (χ2v) is 6.63. The molecule has 0 bridgehead atoms. The molecule has 3 rings (SSSR count). The quantitative estimate of drug-likeness (QED) is 0.811. The molecule has 0 aliphatic carbocycles. The topological polar surface area (TPSA) is 59.0 Å². The Labute approximate surface area is 128 Å². The normalized spacial score (nSPS) is 19.6. The number of hydrogen-bond acceptors (Lipinski definition) is 6. The minimum atomic E-state index is 0.0441. The Kier molecular flexibility index (Phi) is 4.36. The van der Waals surface area contributed by atoms with E-state index in [4.69, 9.17) is 0 Å². The van der Waals surface area contributed by atoms with Crippen LogP contribution in [0.2, 0.25) is 0 Å². The van der Waals surface area contributed by atoms with Gasteiger partial charge in [-0.25, -0.2) is 0 Å².